The first-order chi connectivity index (χ1) is 14.3. The molecule has 0 aliphatic rings. The van der Waals surface area contributed by atoms with Gasteiger partial charge in [0.25, 0.3) is 5.91 Å². The topological polar surface area (TPSA) is 107 Å². The number of aliphatic imine (C=N–C) groups is 1. The van der Waals surface area contributed by atoms with E-state index in [-0.39, 0.29) is 12.6 Å². The van der Waals surface area contributed by atoms with E-state index in [1.54, 1.807) is 0 Å². The second-order valence-electron chi connectivity index (χ2n) is 7.43. The molecule has 1 amide bonds. The molecule has 0 aliphatic heterocycles. The summed E-state index contributed by atoms with van der Waals surface area (Å²) in [5, 5.41) is 11.3. The third-order valence-electron chi connectivity index (χ3n) is 4.87. The summed E-state index contributed by atoms with van der Waals surface area (Å²) in [6.07, 6.45) is 1.70. The molecule has 1 unspecified atom stereocenters. The SMILES string of the molecule is CCNC(=NCCc1ccc(OCC(N)=O)cc1)NC(C)Cc1c(C)nn(C)c1C. The molecule has 0 aliphatic carbocycles. The summed E-state index contributed by atoms with van der Waals surface area (Å²) in [5.41, 5.74) is 9.80. The van der Waals surface area contributed by atoms with Gasteiger partial charge in [0.15, 0.2) is 12.6 Å². The normalized spacial score (nSPS) is 12.5. The second-order valence-corrected chi connectivity index (χ2v) is 7.43. The number of nitrogens with one attached hydrogen (secondary N) is 2. The number of hydrogen-bond acceptors (Lipinski definition) is 4. The molecule has 0 fully saturated rings. The van der Waals surface area contributed by atoms with E-state index >= 15 is 0 Å². The van der Waals surface area contributed by atoms with Crippen LogP contribution >= 0.6 is 0 Å². The molecule has 0 radical (unpaired) electrons. The number of ether oxygens (including phenoxy) is 1. The summed E-state index contributed by atoms with van der Waals surface area (Å²) < 4.78 is 7.21. The average molecular weight is 415 g/mol. The van der Waals surface area contributed by atoms with Gasteiger partial charge in [-0.05, 0) is 63.8 Å². The maximum absolute atomic E-state index is 10.8. The van der Waals surface area contributed by atoms with Gasteiger partial charge in [-0.15, -0.1) is 0 Å². The Labute approximate surface area is 178 Å². The van der Waals surface area contributed by atoms with Crippen molar-refractivity contribution < 1.29 is 9.53 Å². The molecule has 1 heterocycles. The number of guanidine groups is 1. The van der Waals surface area contributed by atoms with E-state index in [2.05, 4.69) is 43.4 Å². The fourth-order valence-corrected chi connectivity index (χ4v) is 3.23. The maximum atomic E-state index is 10.8. The van der Waals surface area contributed by atoms with E-state index in [4.69, 9.17) is 15.5 Å². The zero-order chi connectivity index (χ0) is 22.1. The monoisotopic (exact) mass is 414 g/mol. The molecule has 1 aromatic heterocycles. The predicted molar refractivity (Wildman–Crippen MR) is 120 cm³/mol. The molecule has 8 nitrogen and oxygen atoms in total. The van der Waals surface area contributed by atoms with Crippen molar-refractivity contribution in [3.63, 3.8) is 0 Å². The van der Waals surface area contributed by atoms with Gasteiger partial charge in [-0.3, -0.25) is 14.5 Å². The lowest BCUT2D eigenvalue weighted by Gasteiger charge is -2.18. The van der Waals surface area contributed by atoms with Gasteiger partial charge < -0.3 is 21.1 Å². The van der Waals surface area contributed by atoms with Crippen LogP contribution in [0.25, 0.3) is 0 Å². The van der Waals surface area contributed by atoms with Crippen LogP contribution in [0.1, 0.15) is 36.4 Å². The van der Waals surface area contributed by atoms with Crippen molar-refractivity contribution >= 4 is 11.9 Å². The molecule has 0 bridgehead atoms. The second kappa shape index (κ2) is 11.2. The molecule has 2 aromatic rings. The number of carbonyl (C=O) groups is 1. The first-order valence-electron chi connectivity index (χ1n) is 10.3. The van der Waals surface area contributed by atoms with Crippen LogP contribution in [0.2, 0.25) is 0 Å². The van der Waals surface area contributed by atoms with Crippen LogP contribution in [-0.2, 0) is 24.7 Å². The minimum Gasteiger partial charge on any atom is -0.484 e. The van der Waals surface area contributed by atoms with Crippen LogP contribution in [0.5, 0.6) is 5.75 Å². The van der Waals surface area contributed by atoms with Crippen LogP contribution in [0.4, 0.5) is 0 Å². The maximum Gasteiger partial charge on any atom is 0.255 e. The third kappa shape index (κ3) is 7.09. The number of benzene rings is 1. The summed E-state index contributed by atoms with van der Waals surface area (Å²) >= 11 is 0. The fraction of sp³-hybridized carbons (Fsp3) is 0.500. The van der Waals surface area contributed by atoms with E-state index in [0.717, 1.165) is 36.6 Å². The summed E-state index contributed by atoms with van der Waals surface area (Å²) in [7, 11) is 1.98. The zero-order valence-electron chi connectivity index (χ0n) is 18.7. The third-order valence-corrected chi connectivity index (χ3v) is 4.87. The van der Waals surface area contributed by atoms with Crippen LogP contribution in [-0.4, -0.2) is 47.4 Å². The largest absolute Gasteiger partial charge is 0.484 e. The number of rotatable bonds is 10. The Bertz CT molecular complexity index is 857. The Balaban J connectivity index is 1.89. The molecule has 0 saturated carbocycles. The quantitative estimate of drug-likeness (QED) is 0.405. The van der Waals surface area contributed by atoms with E-state index in [9.17, 15) is 4.79 Å². The van der Waals surface area contributed by atoms with Crippen LogP contribution in [0.15, 0.2) is 29.3 Å². The van der Waals surface area contributed by atoms with Crippen molar-refractivity contribution in [2.24, 2.45) is 17.8 Å². The number of primary amides is 1. The number of hydrogen-bond donors (Lipinski definition) is 3. The standard InChI is InChI=1S/C22H34N6O2/c1-6-24-22(26-15(2)13-20-16(3)27-28(5)17(20)4)25-12-11-18-7-9-19(10-8-18)30-14-21(23)29/h7-10,15H,6,11-14H2,1-5H3,(H2,23,29)(H2,24,25,26). The van der Waals surface area contributed by atoms with Crippen molar-refractivity contribution in [2.45, 2.75) is 46.6 Å². The minimum absolute atomic E-state index is 0.113. The summed E-state index contributed by atoms with van der Waals surface area (Å²) in [6, 6.07) is 7.86. The predicted octanol–water partition coefficient (Wildman–Crippen LogP) is 1.63. The Kier molecular flexibility index (Phi) is 8.70. The minimum atomic E-state index is -0.486. The molecule has 0 spiro atoms. The van der Waals surface area contributed by atoms with Gasteiger partial charge in [0, 0.05) is 31.9 Å². The summed E-state index contributed by atoms with van der Waals surface area (Å²) in [5.74, 6) is 0.955. The molecule has 1 atom stereocenters. The first-order valence-corrected chi connectivity index (χ1v) is 10.3. The van der Waals surface area contributed by atoms with Crippen molar-refractivity contribution in [1.29, 1.82) is 0 Å². The highest BCUT2D eigenvalue weighted by Crippen LogP contribution is 2.14. The summed E-state index contributed by atoms with van der Waals surface area (Å²) in [6.45, 7) is 9.72. The number of aromatic nitrogens is 2. The van der Waals surface area contributed by atoms with E-state index in [1.807, 2.05) is 36.0 Å². The average Bonchev–Trinajstić information content (AvgIpc) is 2.93. The van der Waals surface area contributed by atoms with Gasteiger partial charge in [-0.1, -0.05) is 12.1 Å². The number of nitrogens with two attached hydrogens (primary N) is 1. The van der Waals surface area contributed by atoms with Crippen molar-refractivity contribution in [2.75, 3.05) is 19.7 Å². The molecular formula is C22H34N6O2. The molecule has 2 rings (SSSR count). The number of nitrogens with zero attached hydrogens (tertiary/aromatic N) is 3. The Hall–Kier alpha value is -3.03. The van der Waals surface area contributed by atoms with Gasteiger partial charge in [-0.2, -0.15) is 5.10 Å². The van der Waals surface area contributed by atoms with Crippen molar-refractivity contribution in [3.05, 3.63) is 46.8 Å². The molecule has 0 saturated heterocycles. The highest BCUT2D eigenvalue weighted by Gasteiger charge is 2.14. The van der Waals surface area contributed by atoms with E-state index < -0.39 is 5.91 Å². The van der Waals surface area contributed by atoms with Gasteiger partial charge in [-0.25, -0.2) is 0 Å². The number of aryl methyl sites for hydroxylation is 2. The molecule has 4 N–H and O–H groups in total. The number of amides is 1. The summed E-state index contributed by atoms with van der Waals surface area (Å²) in [4.78, 5) is 15.5. The van der Waals surface area contributed by atoms with Gasteiger partial charge in [0.05, 0.1) is 5.69 Å². The first kappa shape index (κ1) is 23.3. The lowest BCUT2D eigenvalue weighted by Crippen LogP contribution is -2.43. The molecule has 8 heteroatoms. The molecular weight excluding hydrogens is 380 g/mol. The van der Waals surface area contributed by atoms with E-state index in [0.29, 0.717) is 12.3 Å². The van der Waals surface area contributed by atoms with E-state index in [1.165, 1.54) is 11.3 Å². The van der Waals surface area contributed by atoms with Crippen LogP contribution in [0, 0.1) is 13.8 Å². The van der Waals surface area contributed by atoms with Crippen molar-refractivity contribution in [1.82, 2.24) is 20.4 Å². The highest BCUT2D eigenvalue weighted by molar-refractivity contribution is 5.80. The number of carbonyl (C=O) groups excluding carboxylic acids is 1. The Morgan fingerprint density at radius 1 is 1.30 bits per heavy atom. The van der Waals surface area contributed by atoms with Crippen molar-refractivity contribution in [3.8, 4) is 5.75 Å². The molecule has 30 heavy (non-hydrogen) atoms. The lowest BCUT2D eigenvalue weighted by atomic mass is 10.1. The van der Waals surface area contributed by atoms with Gasteiger partial charge in [0.2, 0.25) is 0 Å². The van der Waals surface area contributed by atoms with Crippen LogP contribution < -0.4 is 21.1 Å². The smallest absolute Gasteiger partial charge is 0.255 e. The fourth-order valence-electron chi connectivity index (χ4n) is 3.23. The molecule has 164 valence electrons. The zero-order valence-corrected chi connectivity index (χ0v) is 18.7. The Morgan fingerprint density at radius 2 is 2.00 bits per heavy atom. The Morgan fingerprint density at radius 3 is 2.57 bits per heavy atom. The lowest BCUT2D eigenvalue weighted by molar-refractivity contribution is -0.119. The van der Waals surface area contributed by atoms with Gasteiger partial charge in [0.1, 0.15) is 5.75 Å². The van der Waals surface area contributed by atoms with Crippen LogP contribution in [0.3, 0.4) is 0 Å². The molecule has 1 aromatic carbocycles. The highest BCUT2D eigenvalue weighted by atomic mass is 16.5. The van der Waals surface area contributed by atoms with Gasteiger partial charge >= 0.3 is 0 Å².